The maximum Gasteiger partial charge on any atom is 0.0465 e. The minimum atomic E-state index is 0.237. The summed E-state index contributed by atoms with van der Waals surface area (Å²) < 4.78 is 5.02. The van der Waals surface area contributed by atoms with Gasteiger partial charge in [-0.25, -0.2) is 0 Å². The van der Waals surface area contributed by atoms with Gasteiger partial charge in [0.15, 0.2) is 0 Å². The fraction of sp³-hybridized carbons (Fsp3) is 1.00. The summed E-state index contributed by atoms with van der Waals surface area (Å²) >= 11 is 0. The van der Waals surface area contributed by atoms with E-state index in [2.05, 4.69) is 33.0 Å². The molecule has 1 N–H and O–H groups in total. The Morgan fingerprint density at radius 2 is 1.92 bits per heavy atom. The molecule has 0 rings (SSSR count). The minimum Gasteiger partial charge on any atom is -0.385 e. The van der Waals surface area contributed by atoms with Crippen LogP contribution < -0.4 is 5.32 Å². The van der Waals surface area contributed by atoms with Gasteiger partial charge < -0.3 is 10.1 Å². The van der Waals surface area contributed by atoms with Crippen molar-refractivity contribution in [3.63, 3.8) is 0 Å². The zero-order chi connectivity index (χ0) is 9.61. The summed E-state index contributed by atoms with van der Waals surface area (Å²) in [4.78, 5) is 0. The van der Waals surface area contributed by atoms with Crippen LogP contribution in [0.25, 0.3) is 0 Å². The summed E-state index contributed by atoms with van der Waals surface area (Å²) in [5.41, 5.74) is 0.237. The first-order valence-electron chi connectivity index (χ1n) is 4.69. The van der Waals surface area contributed by atoms with Crippen LogP contribution in [0.2, 0.25) is 0 Å². The highest BCUT2D eigenvalue weighted by Crippen LogP contribution is 2.04. The van der Waals surface area contributed by atoms with E-state index in [1.807, 2.05) is 0 Å². The van der Waals surface area contributed by atoms with Gasteiger partial charge in [0.25, 0.3) is 0 Å². The molecule has 0 saturated carbocycles. The zero-order valence-corrected chi connectivity index (χ0v) is 9.11. The maximum absolute atomic E-state index is 5.02. The summed E-state index contributed by atoms with van der Waals surface area (Å²) in [6.07, 6.45) is 1.14. The quantitative estimate of drug-likeness (QED) is 0.687. The first-order valence-corrected chi connectivity index (χ1v) is 4.69. The van der Waals surface area contributed by atoms with Crippen molar-refractivity contribution in [2.24, 2.45) is 5.92 Å². The Hall–Kier alpha value is -0.0800. The molecule has 0 saturated heterocycles. The molecule has 0 amide bonds. The van der Waals surface area contributed by atoms with Crippen molar-refractivity contribution in [3.05, 3.63) is 0 Å². The standard InChI is InChI=1S/C10H23NO/c1-9(6-7-12-5)8-11-10(2,3)4/h9,11H,6-8H2,1-5H3. The number of nitrogens with one attached hydrogen (secondary N) is 1. The molecule has 0 aliphatic carbocycles. The van der Waals surface area contributed by atoms with Crippen LogP contribution in [0.4, 0.5) is 0 Å². The predicted molar refractivity (Wildman–Crippen MR) is 53.4 cm³/mol. The lowest BCUT2D eigenvalue weighted by atomic mass is 10.1. The molecule has 0 aromatic carbocycles. The lowest BCUT2D eigenvalue weighted by molar-refractivity contribution is 0.177. The van der Waals surface area contributed by atoms with E-state index in [1.54, 1.807) is 7.11 Å². The molecule has 0 aromatic rings. The number of hydrogen-bond donors (Lipinski definition) is 1. The van der Waals surface area contributed by atoms with Gasteiger partial charge in [0.2, 0.25) is 0 Å². The van der Waals surface area contributed by atoms with Gasteiger partial charge in [0.05, 0.1) is 0 Å². The molecule has 0 aliphatic rings. The van der Waals surface area contributed by atoms with E-state index in [-0.39, 0.29) is 5.54 Å². The first-order chi connectivity index (χ1) is 5.45. The Balaban J connectivity index is 3.37. The Labute approximate surface area is 76.7 Å². The van der Waals surface area contributed by atoms with E-state index in [4.69, 9.17) is 4.74 Å². The van der Waals surface area contributed by atoms with E-state index in [9.17, 15) is 0 Å². The van der Waals surface area contributed by atoms with E-state index in [0.29, 0.717) is 5.92 Å². The molecule has 1 unspecified atom stereocenters. The molecule has 0 aliphatic heterocycles. The first kappa shape index (κ1) is 11.9. The van der Waals surface area contributed by atoms with Gasteiger partial charge in [0, 0.05) is 19.3 Å². The third-order valence-electron chi connectivity index (χ3n) is 1.80. The van der Waals surface area contributed by atoms with Crippen LogP contribution in [0.5, 0.6) is 0 Å². The van der Waals surface area contributed by atoms with Crippen LogP contribution in [-0.4, -0.2) is 25.8 Å². The highest BCUT2D eigenvalue weighted by Gasteiger charge is 2.10. The largest absolute Gasteiger partial charge is 0.385 e. The van der Waals surface area contributed by atoms with E-state index >= 15 is 0 Å². The number of methoxy groups -OCH3 is 1. The average molecular weight is 173 g/mol. The second-order valence-corrected chi connectivity index (χ2v) is 4.52. The van der Waals surface area contributed by atoms with Crippen LogP contribution in [0.1, 0.15) is 34.1 Å². The van der Waals surface area contributed by atoms with E-state index in [0.717, 1.165) is 19.6 Å². The van der Waals surface area contributed by atoms with Gasteiger partial charge in [-0.1, -0.05) is 6.92 Å². The van der Waals surface area contributed by atoms with Crippen molar-refractivity contribution in [3.8, 4) is 0 Å². The van der Waals surface area contributed by atoms with E-state index < -0.39 is 0 Å². The molecule has 0 aromatic heterocycles. The summed E-state index contributed by atoms with van der Waals surface area (Å²) in [6, 6.07) is 0. The summed E-state index contributed by atoms with van der Waals surface area (Å²) in [5.74, 6) is 0.698. The summed E-state index contributed by atoms with van der Waals surface area (Å²) in [6.45, 7) is 10.8. The number of hydrogen-bond acceptors (Lipinski definition) is 2. The van der Waals surface area contributed by atoms with Gasteiger partial charge in [-0.3, -0.25) is 0 Å². The predicted octanol–water partition coefficient (Wildman–Crippen LogP) is 2.05. The van der Waals surface area contributed by atoms with Crippen LogP contribution in [0.15, 0.2) is 0 Å². The third kappa shape index (κ3) is 8.02. The van der Waals surface area contributed by atoms with Gasteiger partial charge in [-0.15, -0.1) is 0 Å². The molecular weight excluding hydrogens is 150 g/mol. The van der Waals surface area contributed by atoms with Crippen molar-refractivity contribution in [1.29, 1.82) is 0 Å². The normalized spacial score (nSPS) is 14.8. The monoisotopic (exact) mass is 173 g/mol. The van der Waals surface area contributed by atoms with E-state index in [1.165, 1.54) is 0 Å². The molecule has 0 fully saturated rings. The SMILES string of the molecule is COCCC(C)CNC(C)(C)C. The Morgan fingerprint density at radius 3 is 2.33 bits per heavy atom. The van der Waals surface area contributed by atoms with Crippen molar-refractivity contribution in [2.75, 3.05) is 20.3 Å². The highest BCUT2D eigenvalue weighted by atomic mass is 16.5. The smallest absolute Gasteiger partial charge is 0.0465 e. The second-order valence-electron chi connectivity index (χ2n) is 4.52. The molecule has 0 radical (unpaired) electrons. The molecule has 2 nitrogen and oxygen atoms in total. The molecule has 1 atom stereocenters. The zero-order valence-electron chi connectivity index (χ0n) is 9.11. The average Bonchev–Trinajstić information content (AvgIpc) is 1.95. The minimum absolute atomic E-state index is 0.237. The van der Waals surface area contributed by atoms with Gasteiger partial charge in [-0.05, 0) is 39.7 Å². The lowest BCUT2D eigenvalue weighted by Gasteiger charge is -2.23. The van der Waals surface area contributed by atoms with Crippen molar-refractivity contribution >= 4 is 0 Å². The molecular formula is C10H23NO. The van der Waals surface area contributed by atoms with Crippen LogP contribution in [0.3, 0.4) is 0 Å². The fourth-order valence-electron chi connectivity index (χ4n) is 0.902. The van der Waals surface area contributed by atoms with Crippen LogP contribution in [-0.2, 0) is 4.74 Å². The molecule has 0 heterocycles. The van der Waals surface area contributed by atoms with Crippen molar-refractivity contribution in [2.45, 2.75) is 39.7 Å². The van der Waals surface area contributed by atoms with Gasteiger partial charge >= 0.3 is 0 Å². The number of rotatable bonds is 5. The topological polar surface area (TPSA) is 21.3 Å². The molecule has 0 spiro atoms. The molecule has 0 bridgehead atoms. The van der Waals surface area contributed by atoms with Gasteiger partial charge in [0.1, 0.15) is 0 Å². The number of ether oxygens (including phenoxy) is 1. The lowest BCUT2D eigenvalue weighted by Crippen LogP contribution is -2.38. The van der Waals surface area contributed by atoms with Gasteiger partial charge in [-0.2, -0.15) is 0 Å². The Kier molecular flexibility index (Phi) is 5.51. The van der Waals surface area contributed by atoms with Crippen molar-refractivity contribution < 1.29 is 4.74 Å². The highest BCUT2D eigenvalue weighted by molar-refractivity contribution is 4.71. The summed E-state index contributed by atoms with van der Waals surface area (Å²) in [7, 11) is 1.75. The fourth-order valence-corrected chi connectivity index (χ4v) is 0.902. The maximum atomic E-state index is 5.02. The summed E-state index contributed by atoms with van der Waals surface area (Å²) in [5, 5.41) is 3.47. The molecule has 2 heteroatoms. The Morgan fingerprint density at radius 1 is 1.33 bits per heavy atom. The third-order valence-corrected chi connectivity index (χ3v) is 1.80. The van der Waals surface area contributed by atoms with Crippen LogP contribution >= 0.6 is 0 Å². The Bertz CT molecular complexity index is 107. The molecule has 12 heavy (non-hydrogen) atoms. The van der Waals surface area contributed by atoms with Crippen molar-refractivity contribution in [1.82, 2.24) is 5.32 Å². The molecule has 74 valence electrons. The van der Waals surface area contributed by atoms with Crippen LogP contribution in [0, 0.1) is 5.92 Å². The second kappa shape index (κ2) is 5.55.